The van der Waals surface area contributed by atoms with Gasteiger partial charge in [0, 0.05) is 23.4 Å². The topological polar surface area (TPSA) is 29.5 Å². The van der Waals surface area contributed by atoms with Gasteiger partial charge in [0.25, 0.3) is 5.91 Å². The summed E-state index contributed by atoms with van der Waals surface area (Å²) in [5.41, 5.74) is 5.25. The molecule has 4 rings (SSSR count). The lowest BCUT2D eigenvalue weighted by atomic mass is 10.1. The van der Waals surface area contributed by atoms with Gasteiger partial charge in [-0.15, -0.1) is 0 Å². The van der Waals surface area contributed by atoms with E-state index in [2.05, 4.69) is 30.3 Å². The molecule has 0 aliphatic carbocycles. The van der Waals surface area contributed by atoms with E-state index in [-0.39, 0.29) is 5.91 Å². The van der Waals surface area contributed by atoms with Gasteiger partial charge in [-0.05, 0) is 42.2 Å². The zero-order valence-corrected chi connectivity index (χ0v) is 16.0. The van der Waals surface area contributed by atoms with E-state index in [4.69, 9.17) is 4.74 Å². The second-order valence-electron chi connectivity index (χ2n) is 6.88. The van der Waals surface area contributed by atoms with Gasteiger partial charge in [-0.1, -0.05) is 66.7 Å². The number of nitrogens with zero attached hydrogens (tertiary/aromatic N) is 1. The quantitative estimate of drug-likeness (QED) is 0.613. The van der Waals surface area contributed by atoms with Crippen LogP contribution in [0.15, 0.2) is 84.9 Å². The number of ether oxygens (including phenoxy) is 1. The zero-order valence-electron chi connectivity index (χ0n) is 16.0. The average molecular weight is 369 g/mol. The first kappa shape index (κ1) is 18.1. The Kier molecular flexibility index (Phi) is 5.24. The van der Waals surface area contributed by atoms with Gasteiger partial charge in [-0.25, -0.2) is 0 Å². The minimum absolute atomic E-state index is 0.0865. The Morgan fingerprint density at radius 2 is 1.50 bits per heavy atom. The van der Waals surface area contributed by atoms with Crippen LogP contribution in [0.3, 0.4) is 0 Å². The number of allylic oxidation sites excluding steroid dienone is 1. The van der Waals surface area contributed by atoms with Crippen LogP contribution in [0.5, 0.6) is 5.75 Å². The monoisotopic (exact) mass is 369 g/mol. The lowest BCUT2D eigenvalue weighted by Gasteiger charge is -2.19. The molecule has 0 spiro atoms. The number of amides is 1. The van der Waals surface area contributed by atoms with Crippen molar-refractivity contribution in [2.75, 3.05) is 13.7 Å². The molecular weight excluding hydrogens is 346 g/mol. The van der Waals surface area contributed by atoms with Crippen molar-refractivity contribution in [1.29, 1.82) is 0 Å². The van der Waals surface area contributed by atoms with E-state index in [1.165, 1.54) is 11.1 Å². The third-order valence-corrected chi connectivity index (χ3v) is 5.13. The highest BCUT2D eigenvalue weighted by Crippen LogP contribution is 2.33. The lowest BCUT2D eigenvalue weighted by Crippen LogP contribution is -2.25. The molecule has 1 heterocycles. The first-order valence-electron chi connectivity index (χ1n) is 9.54. The molecule has 0 saturated heterocycles. The zero-order chi connectivity index (χ0) is 19.3. The highest BCUT2D eigenvalue weighted by Gasteiger charge is 2.31. The van der Waals surface area contributed by atoms with E-state index in [1.54, 1.807) is 7.11 Å². The summed E-state index contributed by atoms with van der Waals surface area (Å²) in [7, 11) is 1.67. The molecule has 140 valence electrons. The number of hydrogen-bond acceptors (Lipinski definition) is 2. The second kappa shape index (κ2) is 8.13. The normalized spacial score (nSPS) is 14.4. The highest BCUT2D eigenvalue weighted by molar-refractivity contribution is 6.09. The number of rotatable bonds is 6. The van der Waals surface area contributed by atoms with Gasteiger partial charge in [-0.3, -0.25) is 4.79 Å². The fourth-order valence-corrected chi connectivity index (χ4v) is 3.60. The summed E-state index contributed by atoms with van der Waals surface area (Å²) in [5.74, 6) is 0.931. The van der Waals surface area contributed by atoms with Crippen molar-refractivity contribution in [3.05, 3.63) is 107 Å². The first-order valence-corrected chi connectivity index (χ1v) is 9.54. The SMILES string of the molecule is COc1ccc(CCN2C(=O)c3ccccc3/C2=C\Cc2ccccc2)cc1. The maximum Gasteiger partial charge on any atom is 0.258 e. The summed E-state index contributed by atoms with van der Waals surface area (Å²) in [5, 5.41) is 0. The van der Waals surface area contributed by atoms with E-state index in [0.29, 0.717) is 6.54 Å². The Bertz CT molecular complexity index is 991. The van der Waals surface area contributed by atoms with E-state index >= 15 is 0 Å². The molecule has 0 N–H and O–H groups in total. The molecule has 1 aliphatic heterocycles. The summed E-state index contributed by atoms with van der Waals surface area (Å²) in [6.07, 6.45) is 3.77. The summed E-state index contributed by atoms with van der Waals surface area (Å²) < 4.78 is 5.22. The average Bonchev–Trinajstić information content (AvgIpc) is 3.03. The number of carbonyl (C=O) groups is 1. The van der Waals surface area contributed by atoms with Gasteiger partial charge in [0.1, 0.15) is 5.75 Å². The molecule has 1 aliphatic rings. The molecule has 3 heteroatoms. The molecule has 28 heavy (non-hydrogen) atoms. The van der Waals surface area contributed by atoms with Crippen LogP contribution in [0.4, 0.5) is 0 Å². The number of carbonyl (C=O) groups excluding carboxylic acids is 1. The van der Waals surface area contributed by atoms with Crippen molar-refractivity contribution in [1.82, 2.24) is 4.90 Å². The van der Waals surface area contributed by atoms with Gasteiger partial charge in [0.15, 0.2) is 0 Å². The molecule has 0 fully saturated rings. The second-order valence-corrected chi connectivity index (χ2v) is 6.88. The van der Waals surface area contributed by atoms with Crippen LogP contribution in [0.1, 0.15) is 27.0 Å². The number of fused-ring (bicyclic) bond motifs is 1. The molecule has 0 bridgehead atoms. The molecular formula is C25H23NO2. The van der Waals surface area contributed by atoms with Crippen LogP contribution in [0.2, 0.25) is 0 Å². The lowest BCUT2D eigenvalue weighted by molar-refractivity contribution is 0.0851. The fourth-order valence-electron chi connectivity index (χ4n) is 3.60. The van der Waals surface area contributed by atoms with Crippen LogP contribution >= 0.6 is 0 Å². The summed E-state index contributed by atoms with van der Waals surface area (Å²) in [4.78, 5) is 14.9. The van der Waals surface area contributed by atoms with E-state index < -0.39 is 0 Å². The van der Waals surface area contributed by atoms with Crippen LogP contribution in [0, 0.1) is 0 Å². The van der Waals surface area contributed by atoms with Gasteiger partial charge < -0.3 is 9.64 Å². The maximum absolute atomic E-state index is 13.0. The standard InChI is InChI=1S/C25H23NO2/c1-28-21-14-11-20(12-15-21)17-18-26-24(16-13-19-7-3-2-4-8-19)22-9-5-6-10-23(22)25(26)27/h2-12,14-16H,13,17-18H2,1H3/b24-16+. The number of methoxy groups -OCH3 is 1. The largest absolute Gasteiger partial charge is 0.497 e. The van der Waals surface area contributed by atoms with Crippen molar-refractivity contribution in [3.8, 4) is 5.75 Å². The first-order chi connectivity index (χ1) is 13.8. The van der Waals surface area contributed by atoms with Crippen LogP contribution in [0.25, 0.3) is 5.70 Å². The fraction of sp³-hybridized carbons (Fsp3) is 0.160. The van der Waals surface area contributed by atoms with Crippen LogP contribution in [-0.4, -0.2) is 24.5 Å². The Labute approximate surface area is 165 Å². The Morgan fingerprint density at radius 3 is 2.21 bits per heavy atom. The minimum Gasteiger partial charge on any atom is -0.497 e. The molecule has 1 amide bonds. The van der Waals surface area contributed by atoms with Crippen LogP contribution < -0.4 is 4.74 Å². The third-order valence-electron chi connectivity index (χ3n) is 5.13. The third kappa shape index (κ3) is 3.70. The van der Waals surface area contributed by atoms with Crippen molar-refractivity contribution >= 4 is 11.6 Å². The van der Waals surface area contributed by atoms with Crippen molar-refractivity contribution in [2.24, 2.45) is 0 Å². The minimum atomic E-state index is 0.0865. The summed E-state index contributed by atoms with van der Waals surface area (Å²) in [6.45, 7) is 0.653. The van der Waals surface area contributed by atoms with Gasteiger partial charge in [-0.2, -0.15) is 0 Å². The summed E-state index contributed by atoms with van der Waals surface area (Å²) in [6, 6.07) is 26.2. The van der Waals surface area contributed by atoms with E-state index in [0.717, 1.165) is 35.4 Å². The molecule has 3 nitrogen and oxygen atoms in total. The molecule has 0 radical (unpaired) electrons. The Morgan fingerprint density at radius 1 is 0.821 bits per heavy atom. The van der Waals surface area contributed by atoms with E-state index in [9.17, 15) is 4.79 Å². The predicted molar refractivity (Wildman–Crippen MR) is 112 cm³/mol. The number of hydrogen-bond donors (Lipinski definition) is 0. The van der Waals surface area contributed by atoms with Gasteiger partial charge in [0.05, 0.1) is 7.11 Å². The Hall–Kier alpha value is -3.33. The molecule has 3 aromatic rings. The molecule has 0 unspecified atom stereocenters. The van der Waals surface area contributed by atoms with Crippen molar-refractivity contribution in [3.63, 3.8) is 0 Å². The molecule has 0 saturated carbocycles. The molecule has 0 atom stereocenters. The summed E-state index contributed by atoms with van der Waals surface area (Å²) >= 11 is 0. The van der Waals surface area contributed by atoms with Crippen LogP contribution in [-0.2, 0) is 12.8 Å². The molecule has 3 aromatic carbocycles. The molecule has 0 aromatic heterocycles. The van der Waals surface area contributed by atoms with Crippen molar-refractivity contribution < 1.29 is 9.53 Å². The van der Waals surface area contributed by atoms with Gasteiger partial charge >= 0.3 is 0 Å². The predicted octanol–water partition coefficient (Wildman–Crippen LogP) is 4.98. The highest BCUT2D eigenvalue weighted by atomic mass is 16.5. The smallest absolute Gasteiger partial charge is 0.258 e. The number of benzene rings is 3. The van der Waals surface area contributed by atoms with E-state index in [1.807, 2.05) is 59.5 Å². The Balaban J connectivity index is 1.57. The maximum atomic E-state index is 13.0. The van der Waals surface area contributed by atoms with Crippen molar-refractivity contribution in [2.45, 2.75) is 12.8 Å². The van der Waals surface area contributed by atoms with Gasteiger partial charge in [0.2, 0.25) is 0 Å².